The number of ketones is 1. The quantitative estimate of drug-likeness (QED) is 0.226. The van der Waals surface area contributed by atoms with Crippen molar-refractivity contribution in [1.82, 2.24) is 0 Å². The van der Waals surface area contributed by atoms with E-state index >= 15 is 0 Å². The second kappa shape index (κ2) is 11.8. The topological polar surface area (TPSA) is 76.7 Å². The molecule has 0 aliphatic heterocycles. The molecule has 0 atom stereocenters. The van der Waals surface area contributed by atoms with Crippen molar-refractivity contribution in [3.63, 3.8) is 0 Å². The van der Waals surface area contributed by atoms with Crippen LogP contribution in [0.1, 0.15) is 23.6 Å². The van der Waals surface area contributed by atoms with E-state index in [-0.39, 0.29) is 21.7 Å². The van der Waals surface area contributed by atoms with E-state index in [4.69, 9.17) is 32.7 Å². The summed E-state index contributed by atoms with van der Waals surface area (Å²) in [7, 11) is 2.96. The Hall–Kier alpha value is -3.74. The molecular weight excluding hydrogens is 499 g/mol. The van der Waals surface area contributed by atoms with E-state index in [1.165, 1.54) is 27.2 Å². The number of methoxy groups -OCH3 is 2. The zero-order valence-corrected chi connectivity index (χ0v) is 21.9. The zero-order valence-electron chi connectivity index (χ0n) is 20.4. The fourth-order valence-corrected chi connectivity index (χ4v) is 4.29. The summed E-state index contributed by atoms with van der Waals surface area (Å²) in [5.74, 6) is 0.170. The zero-order chi connectivity index (χ0) is 26.4. The van der Waals surface area contributed by atoms with E-state index in [0.29, 0.717) is 28.3 Å². The van der Waals surface area contributed by atoms with E-state index in [0.717, 1.165) is 22.5 Å². The van der Waals surface area contributed by atoms with Gasteiger partial charge in [0.15, 0.2) is 5.78 Å². The Morgan fingerprint density at radius 3 is 2.08 bits per heavy atom. The average molecular weight is 525 g/mol. The van der Waals surface area contributed by atoms with Crippen molar-refractivity contribution in [2.24, 2.45) is 0 Å². The standard InChI is InChI=1S/C28H26Cl2N2O4/c1-6-25(34)32-22-10-8-7-9-21(22)31-19-12-11-18(16(2)13-19)14-20(17(3)33)26-27(29)23(35-4)15-24(36-5)28(26)30/h6-15,31H,1H2,2-5H3,(H,32,34)/b20-14+. The average Bonchev–Trinajstić information content (AvgIpc) is 2.85. The third kappa shape index (κ3) is 5.90. The fourth-order valence-electron chi connectivity index (χ4n) is 3.58. The van der Waals surface area contributed by atoms with Crippen LogP contribution in [-0.2, 0) is 9.59 Å². The second-order valence-electron chi connectivity index (χ2n) is 7.83. The number of amides is 1. The summed E-state index contributed by atoms with van der Waals surface area (Å²) in [6.45, 7) is 6.86. The van der Waals surface area contributed by atoms with Crippen LogP contribution in [-0.4, -0.2) is 25.9 Å². The maximum absolute atomic E-state index is 12.7. The van der Waals surface area contributed by atoms with Crippen LogP contribution in [0.3, 0.4) is 0 Å². The fraction of sp³-hybridized carbons (Fsp3) is 0.143. The van der Waals surface area contributed by atoms with Gasteiger partial charge in [0.1, 0.15) is 11.5 Å². The summed E-state index contributed by atoms with van der Waals surface area (Å²) < 4.78 is 10.7. The molecule has 186 valence electrons. The van der Waals surface area contributed by atoms with Gasteiger partial charge in [-0.2, -0.15) is 0 Å². The Balaban J connectivity index is 2.02. The first-order valence-electron chi connectivity index (χ1n) is 10.9. The molecule has 3 rings (SSSR count). The first kappa shape index (κ1) is 26.9. The summed E-state index contributed by atoms with van der Waals surface area (Å²) >= 11 is 13.1. The van der Waals surface area contributed by atoms with E-state index in [1.807, 2.05) is 43.3 Å². The minimum atomic E-state index is -0.302. The molecule has 0 unspecified atom stereocenters. The molecule has 0 aliphatic rings. The van der Waals surface area contributed by atoms with Gasteiger partial charge < -0.3 is 20.1 Å². The number of ether oxygens (including phenoxy) is 2. The lowest BCUT2D eigenvalue weighted by Crippen LogP contribution is -2.09. The molecule has 3 aromatic rings. The first-order valence-corrected chi connectivity index (χ1v) is 11.7. The number of hydrogen-bond donors (Lipinski definition) is 2. The molecule has 0 spiro atoms. The lowest BCUT2D eigenvalue weighted by atomic mass is 9.96. The molecule has 6 nitrogen and oxygen atoms in total. The normalized spacial score (nSPS) is 11.0. The highest BCUT2D eigenvalue weighted by molar-refractivity contribution is 6.43. The molecule has 0 saturated heterocycles. The van der Waals surface area contributed by atoms with Crippen LogP contribution < -0.4 is 20.1 Å². The van der Waals surface area contributed by atoms with Gasteiger partial charge in [0, 0.05) is 22.9 Å². The van der Waals surface area contributed by atoms with Crippen molar-refractivity contribution in [3.8, 4) is 11.5 Å². The van der Waals surface area contributed by atoms with Gasteiger partial charge in [-0.05, 0) is 61.4 Å². The monoisotopic (exact) mass is 524 g/mol. The van der Waals surface area contributed by atoms with Crippen molar-refractivity contribution in [3.05, 3.63) is 87.9 Å². The SMILES string of the molecule is C=CC(=O)Nc1ccccc1Nc1ccc(/C=C(\C(C)=O)c2c(Cl)c(OC)cc(OC)c2Cl)c(C)c1. The predicted octanol–water partition coefficient (Wildman–Crippen LogP) is 7.32. The molecule has 0 saturated carbocycles. The van der Waals surface area contributed by atoms with Gasteiger partial charge >= 0.3 is 0 Å². The van der Waals surface area contributed by atoms with E-state index in [9.17, 15) is 9.59 Å². The highest BCUT2D eigenvalue weighted by atomic mass is 35.5. The van der Waals surface area contributed by atoms with Crippen LogP contribution in [0.4, 0.5) is 17.1 Å². The van der Waals surface area contributed by atoms with Crippen LogP contribution in [0.2, 0.25) is 10.0 Å². The molecule has 8 heteroatoms. The molecule has 3 aromatic carbocycles. The van der Waals surface area contributed by atoms with Crippen LogP contribution in [0, 0.1) is 6.92 Å². The highest BCUT2D eigenvalue weighted by Crippen LogP contribution is 2.44. The van der Waals surface area contributed by atoms with Gasteiger partial charge in [-0.25, -0.2) is 0 Å². The molecular formula is C28H26Cl2N2O4. The number of aryl methyl sites for hydroxylation is 1. The number of Topliss-reactive ketones (excluding diaryl/α,β-unsaturated/α-hetero) is 1. The number of carbonyl (C=O) groups excluding carboxylic acids is 2. The van der Waals surface area contributed by atoms with Crippen LogP contribution in [0.25, 0.3) is 11.6 Å². The first-order chi connectivity index (χ1) is 17.2. The number of rotatable bonds is 9. The molecule has 36 heavy (non-hydrogen) atoms. The van der Waals surface area contributed by atoms with Gasteiger partial charge in [-0.3, -0.25) is 9.59 Å². The summed E-state index contributed by atoms with van der Waals surface area (Å²) in [6, 6.07) is 14.6. The Morgan fingerprint density at radius 2 is 1.56 bits per heavy atom. The molecule has 0 fully saturated rings. The highest BCUT2D eigenvalue weighted by Gasteiger charge is 2.23. The van der Waals surface area contributed by atoms with Gasteiger partial charge in [0.2, 0.25) is 5.91 Å². The smallest absolute Gasteiger partial charge is 0.247 e. The number of anilines is 3. The molecule has 2 N–H and O–H groups in total. The van der Waals surface area contributed by atoms with Crippen LogP contribution in [0.5, 0.6) is 11.5 Å². The minimum absolute atomic E-state index is 0.220. The van der Waals surface area contributed by atoms with Crippen LogP contribution >= 0.6 is 23.2 Å². The van der Waals surface area contributed by atoms with Crippen LogP contribution in [0.15, 0.2) is 61.2 Å². The summed E-state index contributed by atoms with van der Waals surface area (Å²) in [5.41, 5.74) is 4.51. The van der Waals surface area contributed by atoms with E-state index in [1.54, 1.807) is 18.2 Å². The maximum atomic E-state index is 12.7. The van der Waals surface area contributed by atoms with Gasteiger partial charge in [-0.1, -0.05) is 48.0 Å². The number of benzene rings is 3. The van der Waals surface area contributed by atoms with E-state index in [2.05, 4.69) is 17.2 Å². The molecule has 0 heterocycles. The number of halogens is 2. The Morgan fingerprint density at radius 1 is 0.944 bits per heavy atom. The van der Waals surface area contributed by atoms with Crippen molar-refractivity contribution in [2.75, 3.05) is 24.9 Å². The molecule has 0 bridgehead atoms. The van der Waals surface area contributed by atoms with Crippen molar-refractivity contribution >= 4 is 63.6 Å². The Labute approximate surface area is 220 Å². The molecule has 1 amide bonds. The number of hydrogen-bond acceptors (Lipinski definition) is 5. The van der Waals surface area contributed by atoms with Gasteiger partial charge in [-0.15, -0.1) is 0 Å². The van der Waals surface area contributed by atoms with Crippen molar-refractivity contribution in [1.29, 1.82) is 0 Å². The van der Waals surface area contributed by atoms with Gasteiger partial charge in [0.25, 0.3) is 0 Å². The number of nitrogens with one attached hydrogen (secondary N) is 2. The largest absolute Gasteiger partial charge is 0.495 e. The molecule has 0 radical (unpaired) electrons. The minimum Gasteiger partial charge on any atom is -0.495 e. The Kier molecular flexibility index (Phi) is 8.80. The van der Waals surface area contributed by atoms with E-state index < -0.39 is 0 Å². The van der Waals surface area contributed by atoms with Crippen molar-refractivity contribution < 1.29 is 19.1 Å². The number of para-hydroxylation sites is 2. The van der Waals surface area contributed by atoms with Crippen molar-refractivity contribution in [2.45, 2.75) is 13.8 Å². The number of allylic oxidation sites excluding steroid dienone is 1. The molecule has 0 aromatic heterocycles. The third-order valence-corrected chi connectivity index (χ3v) is 6.19. The second-order valence-corrected chi connectivity index (χ2v) is 8.59. The summed E-state index contributed by atoms with van der Waals surface area (Å²) in [6.07, 6.45) is 2.96. The summed E-state index contributed by atoms with van der Waals surface area (Å²) in [5, 5.41) is 6.54. The maximum Gasteiger partial charge on any atom is 0.247 e. The third-order valence-electron chi connectivity index (χ3n) is 5.44. The van der Waals surface area contributed by atoms with Gasteiger partial charge in [0.05, 0.1) is 35.6 Å². The lowest BCUT2D eigenvalue weighted by molar-refractivity contribution is -0.112. The lowest BCUT2D eigenvalue weighted by Gasteiger charge is -2.16. The summed E-state index contributed by atoms with van der Waals surface area (Å²) in [4.78, 5) is 24.5. The Bertz CT molecular complexity index is 1340. The predicted molar refractivity (Wildman–Crippen MR) is 148 cm³/mol. The number of carbonyl (C=O) groups is 2. The molecule has 0 aliphatic carbocycles.